The number of halogens is 1. The molecule has 0 unspecified atom stereocenters. The Morgan fingerprint density at radius 2 is 1.72 bits per heavy atom. The third-order valence-corrected chi connectivity index (χ3v) is 4.51. The molecule has 0 radical (unpaired) electrons. The van der Waals surface area contributed by atoms with Gasteiger partial charge in [-0.15, -0.1) is 0 Å². The van der Waals surface area contributed by atoms with E-state index >= 15 is 0 Å². The van der Waals surface area contributed by atoms with Crippen molar-refractivity contribution >= 4 is 46.2 Å². The van der Waals surface area contributed by atoms with Gasteiger partial charge in [0.15, 0.2) is 0 Å². The summed E-state index contributed by atoms with van der Waals surface area (Å²) in [4.78, 5) is 41.1. The van der Waals surface area contributed by atoms with Crippen LogP contribution in [0.3, 0.4) is 0 Å². The molecule has 0 aliphatic carbocycles. The molecule has 0 saturated carbocycles. The Balaban J connectivity index is 1.73. The van der Waals surface area contributed by atoms with E-state index in [0.717, 1.165) is 11.9 Å². The number of hydrazine groups is 1. The first-order chi connectivity index (χ1) is 15.2. The summed E-state index contributed by atoms with van der Waals surface area (Å²) in [5.74, 6) is -0.839. The summed E-state index contributed by atoms with van der Waals surface area (Å²) in [6.45, 7) is 1.78. The molecule has 2 aromatic carbocycles. The third-order valence-electron chi connectivity index (χ3n) is 4.28. The highest BCUT2D eigenvalue weighted by molar-refractivity contribution is 6.30. The number of amides is 1. The van der Waals surface area contributed by atoms with Crippen LogP contribution in [-0.4, -0.2) is 25.7 Å². The van der Waals surface area contributed by atoms with Crippen molar-refractivity contribution in [3.63, 3.8) is 0 Å². The fraction of sp³-hybridized carbons (Fsp3) is 0.105. The number of carbonyl (C=O) groups is 1. The third kappa shape index (κ3) is 5.43. The van der Waals surface area contributed by atoms with E-state index in [0.29, 0.717) is 16.3 Å². The summed E-state index contributed by atoms with van der Waals surface area (Å²) in [6.07, 6.45) is 0.990. The number of nitrogens with zero attached hydrogens (tertiary/aromatic N) is 4. The van der Waals surface area contributed by atoms with Crippen molar-refractivity contribution in [2.45, 2.75) is 13.3 Å². The molecule has 1 amide bonds. The number of benzene rings is 2. The first-order valence-corrected chi connectivity index (χ1v) is 9.43. The van der Waals surface area contributed by atoms with Gasteiger partial charge in [0.05, 0.1) is 16.3 Å². The van der Waals surface area contributed by atoms with Crippen LogP contribution in [0.2, 0.25) is 5.02 Å². The maximum Gasteiger partial charge on any atom is 0.355 e. The second kappa shape index (κ2) is 9.66. The number of carbonyl (C=O) groups excluding carboxylic acids is 1. The Morgan fingerprint density at radius 1 is 1.03 bits per heavy atom. The maximum atomic E-state index is 12.2. The van der Waals surface area contributed by atoms with Gasteiger partial charge in [0.1, 0.15) is 6.33 Å². The van der Waals surface area contributed by atoms with Crippen LogP contribution in [0.1, 0.15) is 11.1 Å². The minimum absolute atomic E-state index is 0.0810. The van der Waals surface area contributed by atoms with Crippen LogP contribution in [0.15, 0.2) is 48.8 Å². The molecule has 3 rings (SSSR count). The normalized spacial score (nSPS) is 10.3. The topological polar surface area (TPSA) is 165 Å². The van der Waals surface area contributed by atoms with Crippen LogP contribution in [-0.2, 0) is 11.2 Å². The molecular formula is C19H16ClN7O5. The van der Waals surface area contributed by atoms with Gasteiger partial charge in [-0.3, -0.25) is 35.9 Å². The number of nitro benzene ring substituents is 1. The Hall–Kier alpha value is -4.32. The van der Waals surface area contributed by atoms with Gasteiger partial charge in [-0.2, -0.15) is 0 Å². The Labute approximate surface area is 185 Å². The molecule has 0 saturated heterocycles. The molecule has 0 bridgehead atoms. The number of hydrogen-bond acceptors (Lipinski definition) is 9. The molecule has 3 N–H and O–H groups in total. The van der Waals surface area contributed by atoms with E-state index < -0.39 is 21.4 Å². The Kier molecular flexibility index (Phi) is 6.75. The van der Waals surface area contributed by atoms with Crippen LogP contribution in [0.4, 0.5) is 28.7 Å². The second-order valence-electron chi connectivity index (χ2n) is 6.53. The lowest BCUT2D eigenvalue weighted by Gasteiger charge is -2.12. The van der Waals surface area contributed by atoms with Crippen molar-refractivity contribution in [2.75, 3.05) is 10.7 Å². The summed E-state index contributed by atoms with van der Waals surface area (Å²) in [5.41, 5.74) is 6.01. The number of nitro groups is 2. The van der Waals surface area contributed by atoms with Gasteiger partial charge < -0.3 is 5.32 Å². The predicted molar refractivity (Wildman–Crippen MR) is 117 cm³/mol. The second-order valence-corrected chi connectivity index (χ2v) is 6.97. The largest absolute Gasteiger partial charge is 0.355 e. The summed E-state index contributed by atoms with van der Waals surface area (Å²) < 4.78 is 0. The molecule has 3 aromatic rings. The molecular weight excluding hydrogens is 442 g/mol. The van der Waals surface area contributed by atoms with Gasteiger partial charge in [-0.25, -0.2) is 9.97 Å². The fourth-order valence-electron chi connectivity index (χ4n) is 2.72. The quantitative estimate of drug-likeness (QED) is 0.337. The lowest BCUT2D eigenvalue weighted by molar-refractivity contribution is -0.384. The molecule has 12 nitrogen and oxygen atoms in total. The number of non-ortho nitro benzene ring substituents is 1. The summed E-state index contributed by atoms with van der Waals surface area (Å²) >= 11 is 5.94. The van der Waals surface area contributed by atoms with E-state index in [2.05, 4.69) is 26.1 Å². The molecule has 0 fully saturated rings. The summed E-state index contributed by atoms with van der Waals surface area (Å²) in [7, 11) is 0. The van der Waals surface area contributed by atoms with Crippen molar-refractivity contribution in [1.29, 1.82) is 0 Å². The molecule has 1 heterocycles. The SMILES string of the molecule is Cc1cc(Cl)ccc1Nc1ncnc(NNC(=O)Cc2ccc([N+](=O)[O-])cc2)c1[N+](=O)[O-]. The Bertz CT molecular complexity index is 1190. The monoisotopic (exact) mass is 457 g/mol. The molecule has 0 aliphatic heterocycles. The zero-order valence-electron chi connectivity index (χ0n) is 16.5. The van der Waals surface area contributed by atoms with Crippen LogP contribution < -0.4 is 16.2 Å². The van der Waals surface area contributed by atoms with Gasteiger partial charge in [-0.05, 0) is 36.2 Å². The highest BCUT2D eigenvalue weighted by Crippen LogP contribution is 2.32. The van der Waals surface area contributed by atoms with E-state index in [4.69, 9.17) is 11.6 Å². The molecule has 0 aliphatic rings. The van der Waals surface area contributed by atoms with E-state index in [1.807, 2.05) is 0 Å². The predicted octanol–water partition coefficient (Wildman–Crippen LogP) is 3.68. The number of rotatable bonds is 8. The van der Waals surface area contributed by atoms with Gasteiger partial charge in [0.2, 0.25) is 17.5 Å². The van der Waals surface area contributed by atoms with Gasteiger partial charge >= 0.3 is 5.69 Å². The number of nitrogens with one attached hydrogen (secondary N) is 3. The molecule has 0 spiro atoms. The van der Waals surface area contributed by atoms with Crippen molar-refractivity contribution in [2.24, 2.45) is 0 Å². The first-order valence-electron chi connectivity index (χ1n) is 9.05. The lowest BCUT2D eigenvalue weighted by atomic mass is 10.1. The smallest absolute Gasteiger partial charge is 0.334 e. The van der Waals surface area contributed by atoms with E-state index in [1.54, 1.807) is 25.1 Å². The van der Waals surface area contributed by atoms with E-state index in [9.17, 15) is 25.0 Å². The van der Waals surface area contributed by atoms with Crippen molar-refractivity contribution in [1.82, 2.24) is 15.4 Å². The number of anilines is 3. The minimum Gasteiger partial charge on any atom is -0.334 e. The molecule has 0 atom stereocenters. The zero-order valence-corrected chi connectivity index (χ0v) is 17.3. The highest BCUT2D eigenvalue weighted by atomic mass is 35.5. The van der Waals surface area contributed by atoms with Gasteiger partial charge in [0.25, 0.3) is 5.69 Å². The summed E-state index contributed by atoms with van der Waals surface area (Å²) in [6, 6.07) is 10.4. The van der Waals surface area contributed by atoms with E-state index in [1.165, 1.54) is 24.3 Å². The number of aryl methyl sites for hydroxylation is 1. The Morgan fingerprint density at radius 3 is 2.34 bits per heavy atom. The molecule has 32 heavy (non-hydrogen) atoms. The minimum atomic E-state index is -0.682. The highest BCUT2D eigenvalue weighted by Gasteiger charge is 2.24. The molecule has 1 aromatic heterocycles. The van der Waals surface area contributed by atoms with Crippen LogP contribution in [0.5, 0.6) is 0 Å². The van der Waals surface area contributed by atoms with Crippen LogP contribution in [0, 0.1) is 27.2 Å². The van der Waals surface area contributed by atoms with Gasteiger partial charge in [0, 0.05) is 22.8 Å². The van der Waals surface area contributed by atoms with Crippen molar-refractivity contribution in [3.05, 3.63) is 85.2 Å². The first kappa shape index (κ1) is 22.4. The van der Waals surface area contributed by atoms with E-state index in [-0.39, 0.29) is 23.7 Å². The van der Waals surface area contributed by atoms with Crippen molar-refractivity contribution < 1.29 is 14.6 Å². The fourth-order valence-corrected chi connectivity index (χ4v) is 2.95. The maximum absolute atomic E-state index is 12.2. The molecule has 164 valence electrons. The number of aromatic nitrogens is 2. The average molecular weight is 458 g/mol. The van der Waals surface area contributed by atoms with Crippen LogP contribution in [0.25, 0.3) is 0 Å². The lowest BCUT2D eigenvalue weighted by Crippen LogP contribution is -2.31. The van der Waals surface area contributed by atoms with Crippen molar-refractivity contribution in [3.8, 4) is 0 Å². The zero-order chi connectivity index (χ0) is 23.3. The number of hydrogen-bond donors (Lipinski definition) is 3. The molecule has 13 heteroatoms. The average Bonchev–Trinajstić information content (AvgIpc) is 2.74. The van der Waals surface area contributed by atoms with Crippen LogP contribution >= 0.6 is 11.6 Å². The standard InChI is InChI=1S/C19H16ClN7O5/c1-11-8-13(20)4-7-15(11)23-18-17(27(31)32)19(22-10-21-18)25-24-16(28)9-12-2-5-14(6-3-12)26(29)30/h2-8,10H,9H2,1H3,(H,24,28)(H2,21,22,23,25). The van der Waals surface area contributed by atoms with Gasteiger partial charge in [-0.1, -0.05) is 23.7 Å². The summed E-state index contributed by atoms with van der Waals surface area (Å²) in [5, 5.41) is 25.7.